The Bertz CT molecular complexity index is 1140. The zero-order valence-electron chi connectivity index (χ0n) is 18.2. The van der Waals surface area contributed by atoms with E-state index in [1.54, 1.807) is 55.5 Å². The lowest BCUT2D eigenvalue weighted by Crippen LogP contribution is -2.21. The number of hydrogen-bond acceptors (Lipinski definition) is 5. The molecule has 2 N–H and O–H groups in total. The van der Waals surface area contributed by atoms with Gasteiger partial charge in [0.05, 0.1) is 12.2 Å². The van der Waals surface area contributed by atoms with Crippen LogP contribution >= 0.6 is 0 Å². The van der Waals surface area contributed by atoms with Gasteiger partial charge in [-0.15, -0.1) is 0 Å². The van der Waals surface area contributed by atoms with E-state index in [1.165, 1.54) is 12.1 Å². The van der Waals surface area contributed by atoms with Gasteiger partial charge >= 0.3 is 5.97 Å². The summed E-state index contributed by atoms with van der Waals surface area (Å²) in [4.78, 5) is 36.4. The SMILES string of the molecule is CCOc1ccc(NC(=O)c2ccc(NC(=O)COC(=O)c3ccc(C)c(F)c3)cc2)cc1. The smallest absolute Gasteiger partial charge is 0.338 e. The third-order valence-corrected chi connectivity index (χ3v) is 4.60. The second-order valence-corrected chi connectivity index (χ2v) is 7.08. The van der Waals surface area contributed by atoms with Crippen LogP contribution in [0.4, 0.5) is 15.8 Å². The first-order chi connectivity index (χ1) is 15.9. The first-order valence-corrected chi connectivity index (χ1v) is 10.2. The van der Waals surface area contributed by atoms with Gasteiger partial charge in [0.25, 0.3) is 11.8 Å². The van der Waals surface area contributed by atoms with E-state index in [0.29, 0.717) is 34.9 Å². The molecule has 0 saturated carbocycles. The van der Waals surface area contributed by atoms with Gasteiger partial charge < -0.3 is 20.1 Å². The average Bonchev–Trinajstić information content (AvgIpc) is 2.81. The fourth-order valence-corrected chi connectivity index (χ4v) is 2.84. The Hall–Kier alpha value is -4.20. The zero-order valence-corrected chi connectivity index (χ0v) is 18.2. The van der Waals surface area contributed by atoms with E-state index in [2.05, 4.69) is 10.6 Å². The number of halogens is 1. The van der Waals surface area contributed by atoms with Gasteiger partial charge in [0.1, 0.15) is 11.6 Å². The first kappa shape index (κ1) is 23.5. The van der Waals surface area contributed by atoms with Crippen molar-refractivity contribution in [3.05, 3.63) is 89.2 Å². The standard InChI is InChI=1S/C25H23FN2O5/c1-3-32-21-12-10-20(11-13-21)28-24(30)17-6-8-19(9-7-17)27-23(29)15-33-25(31)18-5-4-16(2)22(26)14-18/h4-14H,3,15H2,1-2H3,(H,27,29)(H,28,30). The molecule has 3 rings (SSSR count). The summed E-state index contributed by atoms with van der Waals surface area (Å²) in [5, 5.41) is 5.34. The van der Waals surface area contributed by atoms with E-state index in [1.807, 2.05) is 6.92 Å². The molecule has 33 heavy (non-hydrogen) atoms. The lowest BCUT2D eigenvalue weighted by molar-refractivity contribution is -0.119. The Balaban J connectivity index is 1.49. The van der Waals surface area contributed by atoms with E-state index in [9.17, 15) is 18.8 Å². The molecule has 3 aromatic carbocycles. The summed E-state index contributed by atoms with van der Waals surface area (Å²) in [5.74, 6) is -1.49. The van der Waals surface area contributed by atoms with Crippen LogP contribution < -0.4 is 15.4 Å². The second-order valence-electron chi connectivity index (χ2n) is 7.08. The van der Waals surface area contributed by atoms with Gasteiger partial charge in [0, 0.05) is 16.9 Å². The number of aryl methyl sites for hydroxylation is 1. The highest BCUT2D eigenvalue weighted by molar-refractivity contribution is 6.04. The van der Waals surface area contributed by atoms with Gasteiger partial charge in [-0.05, 0) is 80.1 Å². The van der Waals surface area contributed by atoms with Crippen LogP contribution in [0.5, 0.6) is 5.75 Å². The van der Waals surface area contributed by atoms with Crippen molar-refractivity contribution >= 4 is 29.2 Å². The molecular weight excluding hydrogens is 427 g/mol. The molecule has 0 saturated heterocycles. The molecule has 0 fully saturated rings. The lowest BCUT2D eigenvalue weighted by Gasteiger charge is -2.09. The molecule has 3 aromatic rings. The summed E-state index contributed by atoms with van der Waals surface area (Å²) in [6.07, 6.45) is 0. The fourth-order valence-electron chi connectivity index (χ4n) is 2.84. The highest BCUT2D eigenvalue weighted by Gasteiger charge is 2.13. The Morgan fingerprint density at radius 1 is 0.848 bits per heavy atom. The third kappa shape index (κ3) is 6.64. The van der Waals surface area contributed by atoms with Gasteiger partial charge in [-0.2, -0.15) is 0 Å². The van der Waals surface area contributed by atoms with Crippen molar-refractivity contribution in [3.63, 3.8) is 0 Å². The number of carbonyl (C=O) groups excluding carboxylic acids is 3. The molecular formula is C25H23FN2O5. The maximum absolute atomic E-state index is 13.6. The minimum absolute atomic E-state index is 0.0220. The topological polar surface area (TPSA) is 93.7 Å². The second kappa shape index (κ2) is 10.9. The average molecular weight is 450 g/mol. The van der Waals surface area contributed by atoms with E-state index in [4.69, 9.17) is 9.47 Å². The quantitative estimate of drug-likeness (QED) is 0.490. The van der Waals surface area contributed by atoms with Crippen molar-refractivity contribution in [1.29, 1.82) is 0 Å². The Kier molecular flexibility index (Phi) is 7.75. The number of anilines is 2. The molecule has 7 nitrogen and oxygen atoms in total. The van der Waals surface area contributed by atoms with Crippen LogP contribution in [0.2, 0.25) is 0 Å². The van der Waals surface area contributed by atoms with Crippen molar-refractivity contribution in [3.8, 4) is 5.75 Å². The maximum Gasteiger partial charge on any atom is 0.338 e. The van der Waals surface area contributed by atoms with Crippen molar-refractivity contribution in [2.45, 2.75) is 13.8 Å². The summed E-state index contributed by atoms with van der Waals surface area (Å²) in [6, 6.07) is 17.2. The number of esters is 1. The summed E-state index contributed by atoms with van der Waals surface area (Å²) in [7, 11) is 0. The van der Waals surface area contributed by atoms with E-state index in [0.717, 1.165) is 6.07 Å². The predicted octanol–water partition coefficient (Wildman–Crippen LogP) is 4.58. The molecule has 0 aliphatic heterocycles. The molecule has 0 aliphatic carbocycles. The molecule has 0 aromatic heterocycles. The summed E-state index contributed by atoms with van der Waals surface area (Å²) >= 11 is 0. The lowest BCUT2D eigenvalue weighted by atomic mass is 10.1. The van der Waals surface area contributed by atoms with Gasteiger partial charge in [0.15, 0.2) is 6.61 Å². The Morgan fingerprint density at radius 3 is 2.09 bits per heavy atom. The summed E-state index contributed by atoms with van der Waals surface area (Å²) in [5.41, 5.74) is 1.87. The molecule has 170 valence electrons. The maximum atomic E-state index is 13.6. The molecule has 2 amide bonds. The van der Waals surface area contributed by atoms with E-state index >= 15 is 0 Å². The number of rotatable bonds is 8. The van der Waals surface area contributed by atoms with Gasteiger partial charge in [0.2, 0.25) is 0 Å². The van der Waals surface area contributed by atoms with Crippen molar-refractivity contribution in [1.82, 2.24) is 0 Å². The Labute approximate surface area is 190 Å². The number of nitrogens with one attached hydrogen (secondary N) is 2. The highest BCUT2D eigenvalue weighted by atomic mass is 19.1. The largest absolute Gasteiger partial charge is 0.494 e. The zero-order chi connectivity index (χ0) is 23.8. The van der Waals surface area contributed by atoms with Crippen LogP contribution in [0.25, 0.3) is 0 Å². The minimum Gasteiger partial charge on any atom is -0.494 e. The number of benzene rings is 3. The van der Waals surface area contributed by atoms with Crippen molar-refractivity contribution < 1.29 is 28.2 Å². The fraction of sp³-hybridized carbons (Fsp3) is 0.160. The predicted molar refractivity (Wildman–Crippen MR) is 122 cm³/mol. The minimum atomic E-state index is -0.801. The van der Waals surface area contributed by atoms with Crippen LogP contribution in [0.15, 0.2) is 66.7 Å². The summed E-state index contributed by atoms with van der Waals surface area (Å²) in [6.45, 7) is 3.49. The van der Waals surface area contributed by atoms with Crippen LogP contribution in [0.1, 0.15) is 33.2 Å². The molecule has 0 bridgehead atoms. The van der Waals surface area contributed by atoms with E-state index < -0.39 is 24.3 Å². The monoisotopic (exact) mass is 450 g/mol. The molecule has 0 aliphatic rings. The van der Waals surface area contributed by atoms with Gasteiger partial charge in [-0.3, -0.25) is 9.59 Å². The van der Waals surface area contributed by atoms with Crippen LogP contribution in [0.3, 0.4) is 0 Å². The first-order valence-electron chi connectivity index (χ1n) is 10.2. The molecule has 0 unspecified atom stereocenters. The number of hydrogen-bond donors (Lipinski definition) is 2. The highest BCUT2D eigenvalue weighted by Crippen LogP contribution is 2.17. The van der Waals surface area contributed by atoms with Crippen LogP contribution in [0, 0.1) is 12.7 Å². The number of carbonyl (C=O) groups is 3. The molecule has 0 atom stereocenters. The van der Waals surface area contributed by atoms with Crippen molar-refractivity contribution in [2.24, 2.45) is 0 Å². The van der Waals surface area contributed by atoms with Crippen LogP contribution in [-0.4, -0.2) is 31.0 Å². The Morgan fingerprint density at radius 2 is 1.45 bits per heavy atom. The van der Waals surface area contributed by atoms with Gasteiger partial charge in [-0.1, -0.05) is 6.07 Å². The third-order valence-electron chi connectivity index (χ3n) is 4.60. The normalized spacial score (nSPS) is 10.3. The number of amides is 2. The molecule has 8 heteroatoms. The van der Waals surface area contributed by atoms with Crippen molar-refractivity contribution in [2.75, 3.05) is 23.8 Å². The summed E-state index contributed by atoms with van der Waals surface area (Å²) < 4.78 is 23.8. The van der Waals surface area contributed by atoms with E-state index in [-0.39, 0.29) is 11.5 Å². The molecule has 0 spiro atoms. The molecule has 0 radical (unpaired) electrons. The van der Waals surface area contributed by atoms with Crippen LogP contribution in [-0.2, 0) is 9.53 Å². The number of ether oxygens (including phenoxy) is 2. The van der Waals surface area contributed by atoms with Gasteiger partial charge in [-0.25, -0.2) is 9.18 Å². The molecule has 0 heterocycles.